The van der Waals surface area contributed by atoms with E-state index in [1.165, 1.54) is 0 Å². The van der Waals surface area contributed by atoms with E-state index in [9.17, 15) is 4.79 Å². The zero-order valence-electron chi connectivity index (χ0n) is 16.6. The molecule has 1 aromatic carbocycles. The molecule has 4 nitrogen and oxygen atoms in total. The number of fused-ring (bicyclic) bond motifs is 1. The third-order valence-corrected chi connectivity index (χ3v) is 4.74. The zero-order chi connectivity index (χ0) is 19.7. The summed E-state index contributed by atoms with van der Waals surface area (Å²) < 4.78 is 12.8. The van der Waals surface area contributed by atoms with Gasteiger partial charge >= 0.3 is 5.97 Å². The summed E-state index contributed by atoms with van der Waals surface area (Å²) in [4.78, 5) is 16.7. The van der Waals surface area contributed by atoms with Crippen LogP contribution in [-0.2, 0) is 14.3 Å². The molecule has 2 aromatic rings. The molecule has 1 heterocycles. The molecule has 142 valence electrons. The first-order valence-corrected chi connectivity index (χ1v) is 9.58. The van der Waals surface area contributed by atoms with Crippen LogP contribution in [0.4, 0.5) is 0 Å². The number of pyridine rings is 1. The molecule has 0 aliphatic carbocycles. The Kier molecular flexibility index (Phi) is 6.13. The van der Waals surface area contributed by atoms with Crippen LogP contribution in [0, 0.1) is 12.3 Å². The van der Waals surface area contributed by atoms with Crippen molar-refractivity contribution in [3.63, 3.8) is 0 Å². The molecule has 1 aromatic heterocycles. The van der Waals surface area contributed by atoms with Crippen molar-refractivity contribution in [2.75, 3.05) is 6.61 Å². The van der Waals surface area contributed by atoms with Crippen molar-refractivity contribution in [3.8, 4) is 0 Å². The van der Waals surface area contributed by atoms with Crippen molar-refractivity contribution in [1.29, 1.82) is 0 Å². The highest BCUT2D eigenvalue weighted by molar-refractivity contribution is 9.10. The molecule has 0 fully saturated rings. The molecule has 0 radical (unpaired) electrons. The van der Waals surface area contributed by atoms with Gasteiger partial charge in [0.2, 0.25) is 0 Å². The molecule has 26 heavy (non-hydrogen) atoms. The van der Waals surface area contributed by atoms with Crippen LogP contribution in [0.3, 0.4) is 0 Å². The van der Waals surface area contributed by atoms with E-state index < -0.39 is 5.41 Å². The Hall–Kier alpha value is -1.46. The Bertz CT molecular complexity index is 803. The number of esters is 1. The highest BCUT2D eigenvalue weighted by Crippen LogP contribution is 2.37. The first kappa shape index (κ1) is 20.8. The van der Waals surface area contributed by atoms with Crippen LogP contribution in [0.5, 0.6) is 0 Å². The van der Waals surface area contributed by atoms with Crippen molar-refractivity contribution in [2.45, 2.75) is 60.2 Å². The second-order valence-corrected chi connectivity index (χ2v) is 9.35. The van der Waals surface area contributed by atoms with E-state index in [-0.39, 0.29) is 24.3 Å². The molecule has 2 rings (SSSR count). The lowest BCUT2D eigenvalue weighted by Gasteiger charge is -2.30. The number of hydrogen-bond acceptors (Lipinski definition) is 4. The average molecular weight is 422 g/mol. The summed E-state index contributed by atoms with van der Waals surface area (Å²) in [6.07, 6.45) is 1.41. The molecular weight excluding hydrogens is 394 g/mol. The van der Waals surface area contributed by atoms with Gasteiger partial charge in [-0.1, -0.05) is 6.07 Å². The van der Waals surface area contributed by atoms with Gasteiger partial charge in [-0.25, -0.2) is 0 Å². The number of halogens is 1. The molecule has 0 spiro atoms. The second kappa shape index (κ2) is 7.65. The number of hydrogen-bond donors (Lipinski definition) is 0. The predicted molar refractivity (Wildman–Crippen MR) is 108 cm³/mol. The van der Waals surface area contributed by atoms with Crippen LogP contribution in [0.15, 0.2) is 28.9 Å². The van der Waals surface area contributed by atoms with E-state index in [2.05, 4.69) is 20.9 Å². The van der Waals surface area contributed by atoms with Gasteiger partial charge in [0, 0.05) is 21.6 Å². The van der Waals surface area contributed by atoms with Gasteiger partial charge < -0.3 is 9.47 Å². The zero-order valence-corrected chi connectivity index (χ0v) is 18.2. The van der Waals surface area contributed by atoms with Crippen LogP contribution >= 0.6 is 15.9 Å². The predicted octanol–water partition coefficient (Wildman–Crippen LogP) is 5.75. The smallest absolute Gasteiger partial charge is 0.311 e. The minimum atomic E-state index is -0.550. The highest BCUT2D eigenvalue weighted by atomic mass is 79.9. The molecule has 1 unspecified atom stereocenters. The van der Waals surface area contributed by atoms with E-state index in [0.717, 1.165) is 26.5 Å². The molecule has 0 aliphatic rings. The van der Waals surface area contributed by atoms with Gasteiger partial charge in [-0.15, -0.1) is 0 Å². The van der Waals surface area contributed by atoms with Crippen molar-refractivity contribution in [2.24, 2.45) is 5.41 Å². The largest absolute Gasteiger partial charge is 0.462 e. The fourth-order valence-corrected chi connectivity index (χ4v) is 3.59. The lowest BCUT2D eigenvalue weighted by molar-refractivity contribution is -0.162. The Labute approximate surface area is 164 Å². The highest BCUT2D eigenvalue weighted by Gasteiger charge is 2.29. The summed E-state index contributed by atoms with van der Waals surface area (Å²) in [5, 5.41) is 1.01. The van der Waals surface area contributed by atoms with Gasteiger partial charge in [0.15, 0.2) is 0 Å². The topological polar surface area (TPSA) is 48.4 Å². The molecule has 0 bridgehead atoms. The minimum Gasteiger partial charge on any atom is -0.462 e. The molecule has 0 saturated heterocycles. The number of carbonyl (C=O) groups is 1. The monoisotopic (exact) mass is 421 g/mol. The number of rotatable bonds is 4. The molecule has 0 N–H and O–H groups in total. The van der Waals surface area contributed by atoms with Crippen LogP contribution in [0.1, 0.15) is 58.8 Å². The summed E-state index contributed by atoms with van der Waals surface area (Å²) >= 11 is 3.73. The molecular formula is C21H28BrNO3. The Morgan fingerprint density at radius 1 is 1.23 bits per heavy atom. The van der Waals surface area contributed by atoms with Gasteiger partial charge in [-0.3, -0.25) is 9.78 Å². The number of carbonyl (C=O) groups excluding carboxylic acids is 1. The van der Waals surface area contributed by atoms with E-state index >= 15 is 0 Å². The van der Waals surface area contributed by atoms with Crippen molar-refractivity contribution < 1.29 is 14.3 Å². The molecule has 0 aliphatic heterocycles. The van der Waals surface area contributed by atoms with Gasteiger partial charge in [-0.05, 0) is 82.1 Å². The van der Waals surface area contributed by atoms with Gasteiger partial charge in [0.05, 0.1) is 16.5 Å². The van der Waals surface area contributed by atoms with Crippen LogP contribution < -0.4 is 0 Å². The number of nitrogens with zero attached hydrogens (tertiary/aromatic N) is 1. The first-order chi connectivity index (χ1) is 11.9. The maximum atomic E-state index is 12.2. The summed E-state index contributed by atoms with van der Waals surface area (Å²) in [5.74, 6) is -0.240. The van der Waals surface area contributed by atoms with Crippen LogP contribution in [-0.4, -0.2) is 23.2 Å². The van der Waals surface area contributed by atoms with E-state index in [1.54, 1.807) is 6.20 Å². The SMILES string of the molecule is Cc1cc2ncccc2c(Br)c1C(COC(=O)C(C)(C)C)OC(C)(C)C. The van der Waals surface area contributed by atoms with Crippen molar-refractivity contribution in [3.05, 3.63) is 40.0 Å². The third kappa shape index (κ3) is 5.04. The molecule has 0 amide bonds. The van der Waals surface area contributed by atoms with Crippen molar-refractivity contribution >= 4 is 32.8 Å². The summed E-state index contributed by atoms with van der Waals surface area (Å²) in [6.45, 7) is 13.7. The van der Waals surface area contributed by atoms with E-state index in [1.807, 2.05) is 66.7 Å². The third-order valence-electron chi connectivity index (χ3n) is 3.89. The normalized spacial score (nSPS) is 13.7. The number of ether oxygens (including phenoxy) is 2. The van der Waals surface area contributed by atoms with Crippen LogP contribution in [0.2, 0.25) is 0 Å². The minimum absolute atomic E-state index is 0.165. The summed E-state index contributed by atoms with van der Waals surface area (Å²) in [5.41, 5.74) is 2.02. The van der Waals surface area contributed by atoms with Crippen molar-refractivity contribution in [1.82, 2.24) is 4.98 Å². The summed E-state index contributed by atoms with van der Waals surface area (Å²) in [7, 11) is 0. The quantitative estimate of drug-likeness (QED) is 0.589. The molecule has 0 saturated carbocycles. The number of benzene rings is 1. The van der Waals surface area contributed by atoms with Gasteiger partial charge in [0.1, 0.15) is 12.7 Å². The fraction of sp³-hybridized carbons (Fsp3) is 0.524. The van der Waals surface area contributed by atoms with E-state index in [4.69, 9.17) is 9.47 Å². The van der Waals surface area contributed by atoms with E-state index in [0.29, 0.717) is 0 Å². The standard InChI is InChI=1S/C21H28BrNO3/c1-13-11-15-14(9-8-10-23-15)18(22)17(13)16(26-21(5,6)7)12-25-19(24)20(2,3)4/h8-11,16H,12H2,1-7H3. The van der Waals surface area contributed by atoms with Gasteiger partial charge in [-0.2, -0.15) is 0 Å². The summed E-state index contributed by atoms with van der Waals surface area (Å²) in [6, 6.07) is 5.97. The lowest BCUT2D eigenvalue weighted by atomic mass is 9.97. The maximum Gasteiger partial charge on any atom is 0.311 e. The Morgan fingerprint density at radius 2 is 1.88 bits per heavy atom. The average Bonchev–Trinajstić information content (AvgIpc) is 2.49. The molecule has 5 heteroatoms. The first-order valence-electron chi connectivity index (χ1n) is 8.79. The Balaban J connectivity index is 2.45. The number of aryl methyl sites for hydroxylation is 1. The maximum absolute atomic E-state index is 12.2. The Morgan fingerprint density at radius 3 is 2.46 bits per heavy atom. The molecule has 1 atom stereocenters. The second-order valence-electron chi connectivity index (χ2n) is 8.56. The lowest BCUT2D eigenvalue weighted by Crippen LogP contribution is -2.30. The van der Waals surface area contributed by atoms with Crippen LogP contribution in [0.25, 0.3) is 10.9 Å². The fourth-order valence-electron chi connectivity index (χ4n) is 2.69. The van der Waals surface area contributed by atoms with Gasteiger partial charge in [0.25, 0.3) is 0 Å². The number of aromatic nitrogens is 1.